The van der Waals surface area contributed by atoms with Gasteiger partial charge in [0.2, 0.25) is 0 Å². The van der Waals surface area contributed by atoms with Crippen LogP contribution in [0.5, 0.6) is 0 Å². The van der Waals surface area contributed by atoms with E-state index in [4.69, 9.17) is 4.74 Å². The van der Waals surface area contributed by atoms with Gasteiger partial charge in [-0.3, -0.25) is 14.9 Å². The molecule has 0 bridgehead atoms. The topological polar surface area (TPSA) is 105 Å². The zero-order chi connectivity index (χ0) is 25.2. The maximum absolute atomic E-state index is 12.7. The number of benzene rings is 3. The SMILES string of the molecule is Cc1c(NC(=O)OCC2c3ccccc3-c3ccccc32)cccc1C(=O)NCC(C)(C)C(=O)O. The Balaban J connectivity index is 1.42. The van der Waals surface area contributed by atoms with E-state index in [0.717, 1.165) is 22.3 Å². The predicted octanol–water partition coefficient (Wildman–Crippen LogP) is 5.20. The summed E-state index contributed by atoms with van der Waals surface area (Å²) in [4.78, 5) is 36.6. The molecular weight excluding hydrogens is 444 g/mol. The van der Waals surface area contributed by atoms with Crippen LogP contribution in [-0.2, 0) is 9.53 Å². The largest absolute Gasteiger partial charge is 0.481 e. The maximum Gasteiger partial charge on any atom is 0.411 e. The van der Waals surface area contributed by atoms with Gasteiger partial charge < -0.3 is 15.2 Å². The highest BCUT2D eigenvalue weighted by Crippen LogP contribution is 2.44. The average Bonchev–Trinajstić information content (AvgIpc) is 3.16. The number of hydrogen-bond acceptors (Lipinski definition) is 4. The number of ether oxygens (including phenoxy) is 1. The van der Waals surface area contributed by atoms with Gasteiger partial charge in [0.1, 0.15) is 6.61 Å². The van der Waals surface area contributed by atoms with Gasteiger partial charge in [-0.1, -0.05) is 54.6 Å². The van der Waals surface area contributed by atoms with Crippen LogP contribution in [0, 0.1) is 12.3 Å². The number of anilines is 1. The molecule has 0 aromatic heterocycles. The Morgan fingerprint density at radius 2 is 1.51 bits per heavy atom. The molecule has 0 saturated carbocycles. The molecule has 3 aromatic carbocycles. The van der Waals surface area contributed by atoms with Gasteiger partial charge in [-0.15, -0.1) is 0 Å². The molecule has 0 spiro atoms. The molecule has 7 heteroatoms. The van der Waals surface area contributed by atoms with E-state index in [1.807, 2.05) is 24.3 Å². The fourth-order valence-electron chi connectivity index (χ4n) is 4.23. The lowest BCUT2D eigenvalue weighted by Crippen LogP contribution is -2.39. The van der Waals surface area contributed by atoms with Crippen molar-refractivity contribution in [1.29, 1.82) is 0 Å². The Morgan fingerprint density at radius 3 is 2.11 bits per heavy atom. The number of carboxylic acid groups (broad SMARTS) is 1. The van der Waals surface area contributed by atoms with E-state index in [1.54, 1.807) is 25.1 Å². The molecule has 1 aliphatic carbocycles. The van der Waals surface area contributed by atoms with Crippen LogP contribution in [0.15, 0.2) is 66.7 Å². The second-order valence-electron chi connectivity index (χ2n) is 9.30. The van der Waals surface area contributed by atoms with Crippen LogP contribution in [0.2, 0.25) is 0 Å². The van der Waals surface area contributed by atoms with Crippen molar-refractivity contribution >= 4 is 23.7 Å². The first-order chi connectivity index (χ1) is 16.7. The fraction of sp³-hybridized carbons (Fsp3) is 0.250. The smallest absolute Gasteiger partial charge is 0.411 e. The normalized spacial score (nSPS) is 12.4. The van der Waals surface area contributed by atoms with Crippen LogP contribution in [-0.4, -0.2) is 36.2 Å². The average molecular weight is 473 g/mol. The summed E-state index contributed by atoms with van der Waals surface area (Å²) in [7, 11) is 0. The minimum Gasteiger partial charge on any atom is -0.481 e. The van der Waals surface area contributed by atoms with Crippen LogP contribution in [0.4, 0.5) is 10.5 Å². The molecule has 0 radical (unpaired) electrons. The summed E-state index contributed by atoms with van der Waals surface area (Å²) in [6.07, 6.45) is -0.612. The lowest BCUT2D eigenvalue weighted by molar-refractivity contribution is -0.146. The van der Waals surface area contributed by atoms with Crippen LogP contribution >= 0.6 is 0 Å². The third-order valence-electron chi connectivity index (χ3n) is 6.43. The molecule has 35 heavy (non-hydrogen) atoms. The van der Waals surface area contributed by atoms with Crippen molar-refractivity contribution in [3.05, 3.63) is 89.0 Å². The summed E-state index contributed by atoms with van der Waals surface area (Å²) in [6.45, 7) is 4.96. The third-order valence-corrected chi connectivity index (χ3v) is 6.43. The quantitative estimate of drug-likeness (QED) is 0.439. The first-order valence-electron chi connectivity index (χ1n) is 11.4. The van der Waals surface area contributed by atoms with Crippen LogP contribution in [0.25, 0.3) is 11.1 Å². The van der Waals surface area contributed by atoms with Gasteiger partial charge in [-0.2, -0.15) is 0 Å². The summed E-state index contributed by atoms with van der Waals surface area (Å²) >= 11 is 0. The first kappa shape index (κ1) is 24.0. The first-order valence-corrected chi connectivity index (χ1v) is 11.4. The third kappa shape index (κ3) is 4.89. The number of carbonyl (C=O) groups is 3. The molecule has 0 unspecified atom stereocenters. The Hall–Kier alpha value is -4.13. The van der Waals surface area contributed by atoms with Crippen LogP contribution in [0.3, 0.4) is 0 Å². The summed E-state index contributed by atoms with van der Waals surface area (Å²) in [5.41, 5.74) is 4.82. The second-order valence-corrected chi connectivity index (χ2v) is 9.30. The molecular formula is C28H28N2O5. The van der Waals surface area contributed by atoms with Crippen molar-refractivity contribution in [3.8, 4) is 11.1 Å². The molecule has 1 aliphatic rings. The molecule has 180 valence electrons. The van der Waals surface area contributed by atoms with Crippen molar-refractivity contribution in [2.24, 2.45) is 5.41 Å². The summed E-state index contributed by atoms with van der Waals surface area (Å²) in [5, 5.41) is 14.6. The summed E-state index contributed by atoms with van der Waals surface area (Å²) in [6, 6.07) is 21.2. The molecule has 3 N–H and O–H groups in total. The Kier molecular flexibility index (Phi) is 6.60. The number of fused-ring (bicyclic) bond motifs is 3. The zero-order valence-corrected chi connectivity index (χ0v) is 19.9. The summed E-state index contributed by atoms with van der Waals surface area (Å²) in [5.74, 6) is -1.46. The molecule has 0 atom stereocenters. The summed E-state index contributed by atoms with van der Waals surface area (Å²) < 4.78 is 5.60. The van der Waals surface area contributed by atoms with E-state index in [0.29, 0.717) is 16.8 Å². The van der Waals surface area contributed by atoms with Gasteiger partial charge in [0, 0.05) is 23.7 Å². The molecule has 0 saturated heterocycles. The molecule has 2 amide bonds. The fourth-order valence-corrected chi connectivity index (χ4v) is 4.23. The number of amides is 2. The lowest BCUT2D eigenvalue weighted by atomic mass is 9.93. The Labute approximate surface area is 204 Å². The molecule has 0 aliphatic heterocycles. The van der Waals surface area contributed by atoms with E-state index < -0.39 is 23.4 Å². The lowest BCUT2D eigenvalue weighted by Gasteiger charge is -2.20. The second kappa shape index (κ2) is 9.62. The number of nitrogens with one attached hydrogen (secondary N) is 2. The molecule has 7 nitrogen and oxygen atoms in total. The van der Waals surface area contributed by atoms with E-state index in [2.05, 4.69) is 34.9 Å². The van der Waals surface area contributed by atoms with Gasteiger partial charge in [0.25, 0.3) is 5.91 Å². The molecule has 4 rings (SSSR count). The highest BCUT2D eigenvalue weighted by atomic mass is 16.5. The monoisotopic (exact) mass is 472 g/mol. The molecule has 3 aromatic rings. The van der Waals surface area contributed by atoms with Crippen molar-refractivity contribution < 1.29 is 24.2 Å². The van der Waals surface area contributed by atoms with Crippen LogP contribution in [0.1, 0.15) is 46.8 Å². The van der Waals surface area contributed by atoms with E-state index in [1.165, 1.54) is 13.8 Å². The number of carbonyl (C=O) groups excluding carboxylic acids is 2. The number of rotatable bonds is 7. The minimum atomic E-state index is -1.10. The Morgan fingerprint density at radius 1 is 0.914 bits per heavy atom. The highest BCUT2D eigenvalue weighted by molar-refractivity contribution is 5.98. The Bertz CT molecular complexity index is 1250. The van der Waals surface area contributed by atoms with Gasteiger partial charge in [0.15, 0.2) is 0 Å². The predicted molar refractivity (Wildman–Crippen MR) is 134 cm³/mol. The molecule has 0 fully saturated rings. The van der Waals surface area contributed by atoms with E-state index >= 15 is 0 Å². The van der Waals surface area contributed by atoms with E-state index in [9.17, 15) is 19.5 Å². The number of hydrogen-bond donors (Lipinski definition) is 3. The van der Waals surface area contributed by atoms with E-state index in [-0.39, 0.29) is 19.1 Å². The minimum absolute atomic E-state index is 0.0232. The maximum atomic E-state index is 12.7. The number of aliphatic carboxylic acids is 1. The van der Waals surface area contributed by atoms with Gasteiger partial charge in [0.05, 0.1) is 5.41 Å². The van der Waals surface area contributed by atoms with Crippen LogP contribution < -0.4 is 10.6 Å². The van der Waals surface area contributed by atoms with Gasteiger partial charge in [-0.25, -0.2) is 4.79 Å². The van der Waals surface area contributed by atoms with Gasteiger partial charge in [-0.05, 0) is 60.7 Å². The standard InChI is InChI=1S/C28H28N2O5/c1-17-18(25(31)29-16-28(2,3)26(32)33)13-8-14-24(17)30-27(34)35-15-23-21-11-6-4-9-19(21)20-10-5-7-12-22(20)23/h4-14,23H,15-16H2,1-3H3,(H,29,31)(H,30,34)(H,32,33). The van der Waals surface area contributed by atoms with Crippen molar-refractivity contribution in [2.75, 3.05) is 18.5 Å². The van der Waals surface area contributed by atoms with Crippen molar-refractivity contribution in [1.82, 2.24) is 5.32 Å². The van der Waals surface area contributed by atoms with Crippen molar-refractivity contribution in [3.63, 3.8) is 0 Å². The van der Waals surface area contributed by atoms with Crippen molar-refractivity contribution in [2.45, 2.75) is 26.7 Å². The zero-order valence-electron chi connectivity index (χ0n) is 19.9. The molecule has 0 heterocycles. The highest BCUT2D eigenvalue weighted by Gasteiger charge is 2.30. The van der Waals surface area contributed by atoms with Gasteiger partial charge >= 0.3 is 12.1 Å². The number of carboxylic acids is 1.